The average Bonchev–Trinajstić information content (AvgIpc) is 3.13. The molecule has 1 amide bonds. The molecule has 1 fully saturated rings. The highest BCUT2D eigenvalue weighted by Crippen LogP contribution is 2.28. The first-order chi connectivity index (χ1) is 11.2. The van der Waals surface area contributed by atoms with Gasteiger partial charge in [-0.25, -0.2) is 0 Å². The fourth-order valence-electron chi connectivity index (χ4n) is 3.85. The van der Waals surface area contributed by atoms with Crippen LogP contribution in [0.3, 0.4) is 0 Å². The van der Waals surface area contributed by atoms with Crippen molar-refractivity contribution >= 4 is 5.91 Å². The van der Waals surface area contributed by atoms with E-state index in [9.17, 15) is 4.79 Å². The standard InChI is InChI=1S/C19H23N3O/c1-20-10-4-6-17(20)14-21-11-8-16(9-12-21)22-13-15-5-2-3-7-18(15)19(22)23/h2-7,10,16H,8-9,11-14H2,1H3. The van der Waals surface area contributed by atoms with Crippen LogP contribution in [0.25, 0.3) is 0 Å². The summed E-state index contributed by atoms with van der Waals surface area (Å²) in [5.74, 6) is 0.224. The van der Waals surface area contributed by atoms with E-state index in [-0.39, 0.29) is 5.91 Å². The second-order valence-electron chi connectivity index (χ2n) is 6.71. The zero-order valence-corrected chi connectivity index (χ0v) is 13.6. The molecule has 2 aromatic rings. The van der Waals surface area contributed by atoms with E-state index in [4.69, 9.17) is 0 Å². The quantitative estimate of drug-likeness (QED) is 0.872. The highest BCUT2D eigenvalue weighted by Gasteiger charge is 2.34. The molecule has 2 aliphatic rings. The van der Waals surface area contributed by atoms with Crippen LogP contribution in [0.15, 0.2) is 42.6 Å². The molecule has 1 aromatic carbocycles. The summed E-state index contributed by atoms with van der Waals surface area (Å²) in [7, 11) is 2.10. The van der Waals surface area contributed by atoms with Gasteiger partial charge in [0, 0.05) is 56.7 Å². The molecule has 23 heavy (non-hydrogen) atoms. The number of piperidine rings is 1. The molecule has 0 aliphatic carbocycles. The van der Waals surface area contributed by atoms with Crippen LogP contribution in [0, 0.1) is 0 Å². The van der Waals surface area contributed by atoms with Gasteiger partial charge in [0.15, 0.2) is 0 Å². The van der Waals surface area contributed by atoms with Crippen LogP contribution >= 0.6 is 0 Å². The van der Waals surface area contributed by atoms with Gasteiger partial charge >= 0.3 is 0 Å². The number of benzene rings is 1. The van der Waals surface area contributed by atoms with E-state index in [1.807, 2.05) is 18.2 Å². The monoisotopic (exact) mass is 309 g/mol. The third-order valence-corrected chi connectivity index (χ3v) is 5.28. The highest BCUT2D eigenvalue weighted by atomic mass is 16.2. The van der Waals surface area contributed by atoms with Crippen molar-refractivity contribution in [2.45, 2.75) is 32.0 Å². The molecule has 4 rings (SSSR count). The summed E-state index contributed by atoms with van der Waals surface area (Å²) in [6.45, 7) is 3.92. The van der Waals surface area contributed by atoms with Crippen LogP contribution in [0.4, 0.5) is 0 Å². The fourth-order valence-corrected chi connectivity index (χ4v) is 3.85. The van der Waals surface area contributed by atoms with Crippen molar-refractivity contribution in [1.29, 1.82) is 0 Å². The van der Waals surface area contributed by atoms with Gasteiger partial charge in [0.1, 0.15) is 0 Å². The van der Waals surface area contributed by atoms with Gasteiger partial charge in [-0.15, -0.1) is 0 Å². The largest absolute Gasteiger partial charge is 0.353 e. The van der Waals surface area contributed by atoms with Gasteiger partial charge in [0.2, 0.25) is 0 Å². The third kappa shape index (κ3) is 2.68. The number of aromatic nitrogens is 1. The summed E-state index contributed by atoms with van der Waals surface area (Å²) in [4.78, 5) is 17.2. The molecule has 0 N–H and O–H groups in total. The molecule has 0 unspecified atom stereocenters. The van der Waals surface area contributed by atoms with Crippen molar-refractivity contribution in [2.24, 2.45) is 7.05 Å². The molecule has 120 valence electrons. The van der Waals surface area contributed by atoms with Crippen molar-refractivity contribution in [1.82, 2.24) is 14.4 Å². The topological polar surface area (TPSA) is 28.5 Å². The molecule has 4 nitrogen and oxygen atoms in total. The Labute approximate surface area is 137 Å². The smallest absolute Gasteiger partial charge is 0.254 e. The Morgan fingerprint density at radius 3 is 2.57 bits per heavy atom. The van der Waals surface area contributed by atoms with Crippen molar-refractivity contribution in [3.05, 3.63) is 59.4 Å². The molecule has 1 saturated heterocycles. The van der Waals surface area contributed by atoms with Gasteiger partial charge in [-0.2, -0.15) is 0 Å². The number of likely N-dealkylation sites (tertiary alicyclic amines) is 1. The number of amides is 1. The predicted molar refractivity (Wildman–Crippen MR) is 90.0 cm³/mol. The number of hydrogen-bond donors (Lipinski definition) is 0. The Morgan fingerprint density at radius 1 is 1.09 bits per heavy atom. The maximum absolute atomic E-state index is 12.6. The number of nitrogens with zero attached hydrogens (tertiary/aromatic N) is 3. The maximum atomic E-state index is 12.6. The molecule has 3 heterocycles. The lowest BCUT2D eigenvalue weighted by Crippen LogP contribution is -2.44. The van der Waals surface area contributed by atoms with Crippen LogP contribution in [-0.4, -0.2) is 39.4 Å². The van der Waals surface area contributed by atoms with Gasteiger partial charge in [0.05, 0.1) is 0 Å². The van der Waals surface area contributed by atoms with Crippen LogP contribution in [0.5, 0.6) is 0 Å². The van der Waals surface area contributed by atoms with Gasteiger partial charge in [-0.3, -0.25) is 9.69 Å². The fraction of sp³-hybridized carbons (Fsp3) is 0.421. The average molecular weight is 309 g/mol. The summed E-state index contributed by atoms with van der Waals surface area (Å²) >= 11 is 0. The number of aryl methyl sites for hydroxylation is 1. The molecule has 0 spiro atoms. The van der Waals surface area contributed by atoms with Crippen molar-refractivity contribution in [2.75, 3.05) is 13.1 Å². The first kappa shape index (κ1) is 14.5. The van der Waals surface area contributed by atoms with Gasteiger partial charge in [0.25, 0.3) is 5.91 Å². The number of rotatable bonds is 3. The van der Waals surface area contributed by atoms with Gasteiger partial charge in [-0.05, 0) is 36.6 Å². The lowest BCUT2D eigenvalue weighted by molar-refractivity contribution is 0.0588. The summed E-state index contributed by atoms with van der Waals surface area (Å²) in [6.07, 6.45) is 4.25. The molecule has 0 bridgehead atoms. The van der Waals surface area contributed by atoms with E-state index in [0.717, 1.165) is 44.6 Å². The van der Waals surface area contributed by atoms with Crippen molar-refractivity contribution in [3.8, 4) is 0 Å². The summed E-state index contributed by atoms with van der Waals surface area (Å²) in [5.41, 5.74) is 3.44. The van der Waals surface area contributed by atoms with E-state index in [0.29, 0.717) is 6.04 Å². The van der Waals surface area contributed by atoms with Crippen LogP contribution < -0.4 is 0 Å². The summed E-state index contributed by atoms with van der Waals surface area (Å²) in [6, 6.07) is 12.7. The third-order valence-electron chi connectivity index (χ3n) is 5.28. The first-order valence-corrected chi connectivity index (χ1v) is 8.44. The molecular weight excluding hydrogens is 286 g/mol. The lowest BCUT2D eigenvalue weighted by atomic mass is 10.0. The van der Waals surface area contributed by atoms with E-state index < -0.39 is 0 Å². The highest BCUT2D eigenvalue weighted by molar-refractivity contribution is 5.98. The Balaban J connectivity index is 1.37. The maximum Gasteiger partial charge on any atom is 0.254 e. The van der Waals surface area contributed by atoms with Crippen molar-refractivity contribution in [3.63, 3.8) is 0 Å². The summed E-state index contributed by atoms with van der Waals surface area (Å²) in [5, 5.41) is 0. The van der Waals surface area contributed by atoms with Gasteiger partial charge < -0.3 is 9.47 Å². The number of fused-ring (bicyclic) bond motifs is 1. The molecule has 1 aromatic heterocycles. The Kier molecular flexibility index (Phi) is 3.69. The number of carbonyl (C=O) groups excluding carboxylic acids is 1. The van der Waals surface area contributed by atoms with Crippen LogP contribution in [0.1, 0.15) is 34.5 Å². The number of carbonyl (C=O) groups is 1. The van der Waals surface area contributed by atoms with Gasteiger partial charge in [-0.1, -0.05) is 18.2 Å². The summed E-state index contributed by atoms with van der Waals surface area (Å²) < 4.78 is 2.19. The predicted octanol–water partition coefficient (Wildman–Crippen LogP) is 2.65. The molecule has 0 saturated carbocycles. The number of hydrogen-bond acceptors (Lipinski definition) is 2. The molecule has 0 atom stereocenters. The second kappa shape index (κ2) is 5.85. The zero-order valence-electron chi connectivity index (χ0n) is 13.6. The Bertz CT molecular complexity index is 713. The normalized spacial score (nSPS) is 19.3. The first-order valence-electron chi connectivity index (χ1n) is 8.44. The van der Waals surface area contributed by atoms with E-state index >= 15 is 0 Å². The Morgan fingerprint density at radius 2 is 1.87 bits per heavy atom. The SMILES string of the molecule is Cn1cccc1CN1CCC(N2Cc3ccccc3C2=O)CC1. The van der Waals surface area contributed by atoms with Crippen molar-refractivity contribution < 1.29 is 4.79 Å². The van der Waals surface area contributed by atoms with E-state index in [1.54, 1.807) is 0 Å². The zero-order chi connectivity index (χ0) is 15.8. The molecule has 4 heteroatoms. The molecule has 2 aliphatic heterocycles. The second-order valence-corrected chi connectivity index (χ2v) is 6.71. The van der Waals surface area contributed by atoms with E-state index in [1.165, 1.54) is 11.3 Å². The molecular formula is C19H23N3O. The van der Waals surface area contributed by atoms with E-state index in [2.05, 4.69) is 45.8 Å². The minimum atomic E-state index is 0.224. The minimum Gasteiger partial charge on any atom is -0.353 e. The minimum absolute atomic E-state index is 0.224. The van der Waals surface area contributed by atoms with Crippen LogP contribution in [0.2, 0.25) is 0 Å². The lowest BCUT2D eigenvalue weighted by Gasteiger charge is -2.36. The Hall–Kier alpha value is -2.07. The molecule has 0 radical (unpaired) electrons. The van der Waals surface area contributed by atoms with Crippen LogP contribution in [-0.2, 0) is 20.1 Å².